The second kappa shape index (κ2) is 8.60. The van der Waals surface area contributed by atoms with E-state index < -0.39 is 6.09 Å². The first-order chi connectivity index (χ1) is 14.9. The van der Waals surface area contributed by atoms with Crippen molar-refractivity contribution in [3.8, 4) is 0 Å². The predicted molar refractivity (Wildman–Crippen MR) is 118 cm³/mol. The molecule has 0 aliphatic carbocycles. The first kappa shape index (κ1) is 21.2. The predicted octanol–water partition coefficient (Wildman–Crippen LogP) is 2.17. The smallest absolute Gasteiger partial charge is 0.404 e. The molecule has 3 aromatic rings. The highest BCUT2D eigenvalue weighted by Crippen LogP contribution is 2.27. The van der Waals surface area contributed by atoms with Crippen LogP contribution in [0.15, 0.2) is 35.1 Å². The van der Waals surface area contributed by atoms with E-state index in [9.17, 15) is 14.7 Å². The molecule has 0 radical (unpaired) electrons. The summed E-state index contributed by atoms with van der Waals surface area (Å²) < 4.78 is 3.26. The molecule has 0 unspecified atom stereocenters. The van der Waals surface area contributed by atoms with Gasteiger partial charge in [-0.05, 0) is 30.5 Å². The largest absolute Gasteiger partial charge is 0.465 e. The van der Waals surface area contributed by atoms with E-state index in [4.69, 9.17) is 21.7 Å². The van der Waals surface area contributed by atoms with Gasteiger partial charge in [-0.2, -0.15) is 0 Å². The minimum absolute atomic E-state index is 0.226. The van der Waals surface area contributed by atoms with Crippen molar-refractivity contribution < 1.29 is 15.0 Å². The van der Waals surface area contributed by atoms with Crippen LogP contribution < -0.4 is 15.8 Å². The lowest BCUT2D eigenvalue weighted by molar-refractivity contribution is 0.188. The number of nitrogens with one attached hydrogen (secondary N) is 1. The standard InChI is InChI=1S/C21H24ClN5O4/c1-25-15(12-28)9-17-18(19(25)29)27(10-13-5-2-3-7-16(13)22)20(24-17)26-8-4-6-14(11-26)23-21(30)31/h2-3,5,7,9,14,23,28H,4,6,8,10-12H2,1H3,(H,30,31)/t14-/m1/s1. The Morgan fingerprint density at radius 3 is 2.84 bits per heavy atom. The average Bonchev–Trinajstić information content (AvgIpc) is 3.10. The van der Waals surface area contributed by atoms with Crippen LogP contribution in [-0.2, 0) is 20.2 Å². The number of halogens is 1. The second-order valence-corrected chi connectivity index (χ2v) is 8.12. The number of rotatable bonds is 5. The van der Waals surface area contributed by atoms with Gasteiger partial charge in [0.15, 0.2) is 0 Å². The van der Waals surface area contributed by atoms with Crippen LogP contribution in [0.4, 0.5) is 10.7 Å². The minimum Gasteiger partial charge on any atom is -0.465 e. The molecule has 10 heteroatoms. The summed E-state index contributed by atoms with van der Waals surface area (Å²) in [4.78, 5) is 31.0. The topological polar surface area (TPSA) is 113 Å². The summed E-state index contributed by atoms with van der Waals surface area (Å²) in [6.07, 6.45) is 0.474. The third-order valence-corrected chi connectivity index (χ3v) is 6.06. The van der Waals surface area contributed by atoms with E-state index in [1.165, 1.54) is 4.57 Å². The highest BCUT2D eigenvalue weighted by molar-refractivity contribution is 6.31. The van der Waals surface area contributed by atoms with Crippen LogP contribution in [-0.4, -0.2) is 49.6 Å². The van der Waals surface area contributed by atoms with Crippen LogP contribution in [0.1, 0.15) is 24.1 Å². The number of imidazole rings is 1. The number of pyridine rings is 1. The zero-order valence-electron chi connectivity index (χ0n) is 17.1. The molecule has 1 atom stereocenters. The number of aliphatic hydroxyl groups is 1. The van der Waals surface area contributed by atoms with E-state index in [0.717, 1.165) is 18.4 Å². The van der Waals surface area contributed by atoms with Gasteiger partial charge in [0.2, 0.25) is 5.95 Å². The lowest BCUT2D eigenvalue weighted by Gasteiger charge is -2.33. The first-order valence-electron chi connectivity index (χ1n) is 10.1. The Balaban J connectivity index is 1.85. The van der Waals surface area contributed by atoms with Gasteiger partial charge in [0, 0.05) is 36.9 Å². The van der Waals surface area contributed by atoms with Gasteiger partial charge in [-0.1, -0.05) is 29.8 Å². The molecular weight excluding hydrogens is 422 g/mol. The molecule has 164 valence electrons. The van der Waals surface area contributed by atoms with Crippen LogP contribution in [0.3, 0.4) is 0 Å². The Hall–Kier alpha value is -3.04. The maximum atomic E-state index is 13.2. The number of benzene rings is 1. The summed E-state index contributed by atoms with van der Waals surface area (Å²) in [6, 6.07) is 8.91. The Morgan fingerprint density at radius 2 is 2.13 bits per heavy atom. The molecule has 1 aliphatic heterocycles. The zero-order valence-corrected chi connectivity index (χ0v) is 17.8. The SMILES string of the molecule is Cn1c(CO)cc2nc(N3CCC[C@@H](NC(=O)O)C3)n(Cc3ccccc3Cl)c2c1=O. The fraction of sp³-hybridized carbons (Fsp3) is 0.381. The molecule has 0 bridgehead atoms. The number of fused-ring (bicyclic) bond motifs is 1. The zero-order chi connectivity index (χ0) is 22.1. The number of nitrogens with zero attached hydrogens (tertiary/aromatic N) is 4. The van der Waals surface area contributed by atoms with Crippen LogP contribution in [0, 0.1) is 0 Å². The summed E-state index contributed by atoms with van der Waals surface area (Å²) in [6.45, 7) is 1.21. The maximum Gasteiger partial charge on any atom is 0.404 e. The highest BCUT2D eigenvalue weighted by atomic mass is 35.5. The van der Waals surface area contributed by atoms with Gasteiger partial charge in [0.05, 0.1) is 18.7 Å². The Bertz CT molecular complexity index is 1190. The van der Waals surface area contributed by atoms with E-state index in [-0.39, 0.29) is 18.2 Å². The van der Waals surface area contributed by atoms with Crippen molar-refractivity contribution in [1.29, 1.82) is 0 Å². The molecule has 3 heterocycles. The molecule has 0 spiro atoms. The van der Waals surface area contributed by atoms with Crippen LogP contribution in [0.2, 0.25) is 5.02 Å². The number of hydrogen-bond acceptors (Lipinski definition) is 5. The van der Waals surface area contributed by atoms with E-state index in [1.54, 1.807) is 19.2 Å². The maximum absolute atomic E-state index is 13.2. The van der Waals surface area contributed by atoms with Crippen LogP contribution >= 0.6 is 11.6 Å². The Morgan fingerprint density at radius 1 is 1.35 bits per heavy atom. The lowest BCUT2D eigenvalue weighted by atomic mass is 10.1. The fourth-order valence-electron chi connectivity index (χ4n) is 4.12. The van der Waals surface area contributed by atoms with Crippen molar-refractivity contribution in [3.05, 3.63) is 57.0 Å². The average molecular weight is 446 g/mol. The summed E-state index contributed by atoms with van der Waals surface area (Å²) in [5.74, 6) is 0.582. The highest BCUT2D eigenvalue weighted by Gasteiger charge is 2.27. The number of aliphatic hydroxyl groups excluding tert-OH is 1. The molecule has 1 fully saturated rings. The van der Waals surface area contributed by atoms with Gasteiger partial charge >= 0.3 is 6.09 Å². The number of carboxylic acid groups (broad SMARTS) is 1. The molecule has 3 N–H and O–H groups in total. The van der Waals surface area contributed by atoms with E-state index in [0.29, 0.717) is 47.3 Å². The quantitative estimate of drug-likeness (QED) is 0.554. The van der Waals surface area contributed by atoms with Crippen LogP contribution in [0.5, 0.6) is 0 Å². The van der Waals surface area contributed by atoms with Crippen molar-refractivity contribution in [2.45, 2.75) is 32.0 Å². The van der Waals surface area contributed by atoms with Gasteiger partial charge in [-0.25, -0.2) is 9.78 Å². The number of hydrogen-bond donors (Lipinski definition) is 3. The molecule has 31 heavy (non-hydrogen) atoms. The molecule has 2 aromatic heterocycles. The lowest BCUT2D eigenvalue weighted by Crippen LogP contribution is -2.48. The number of amides is 1. The molecule has 1 amide bonds. The van der Waals surface area contributed by atoms with Gasteiger partial charge in [0.1, 0.15) is 5.52 Å². The number of piperidine rings is 1. The minimum atomic E-state index is -1.06. The second-order valence-electron chi connectivity index (χ2n) is 7.72. The van der Waals surface area contributed by atoms with E-state index in [1.807, 2.05) is 27.7 Å². The summed E-state index contributed by atoms with van der Waals surface area (Å²) >= 11 is 6.39. The molecule has 4 rings (SSSR count). The molecule has 1 aliphatic rings. The number of anilines is 1. The Kier molecular flexibility index (Phi) is 5.88. The molecular formula is C21H24ClN5O4. The summed E-state index contributed by atoms with van der Waals surface area (Å²) in [5.41, 5.74) is 1.96. The van der Waals surface area contributed by atoms with E-state index in [2.05, 4.69) is 5.32 Å². The third kappa shape index (κ3) is 4.11. The van der Waals surface area contributed by atoms with Crippen molar-refractivity contribution in [1.82, 2.24) is 19.4 Å². The van der Waals surface area contributed by atoms with E-state index >= 15 is 0 Å². The monoisotopic (exact) mass is 445 g/mol. The molecule has 0 saturated carbocycles. The van der Waals surface area contributed by atoms with Gasteiger partial charge in [0.25, 0.3) is 5.56 Å². The normalized spacial score (nSPS) is 16.6. The fourth-order valence-corrected chi connectivity index (χ4v) is 4.32. The van der Waals surface area contributed by atoms with Gasteiger partial charge in [-0.15, -0.1) is 0 Å². The van der Waals surface area contributed by atoms with Crippen LogP contribution in [0.25, 0.3) is 11.0 Å². The van der Waals surface area contributed by atoms with Crippen molar-refractivity contribution in [3.63, 3.8) is 0 Å². The third-order valence-electron chi connectivity index (χ3n) is 5.70. The van der Waals surface area contributed by atoms with Crippen molar-refractivity contribution in [2.24, 2.45) is 7.05 Å². The number of carbonyl (C=O) groups is 1. The Labute approximate surface area is 183 Å². The molecule has 1 saturated heterocycles. The molecule has 9 nitrogen and oxygen atoms in total. The van der Waals surface area contributed by atoms with Crippen molar-refractivity contribution in [2.75, 3.05) is 18.0 Å². The van der Waals surface area contributed by atoms with Gasteiger partial charge < -0.3 is 29.6 Å². The summed E-state index contributed by atoms with van der Waals surface area (Å²) in [5, 5.41) is 21.9. The van der Waals surface area contributed by atoms with Gasteiger partial charge in [-0.3, -0.25) is 4.79 Å². The van der Waals surface area contributed by atoms with Crippen molar-refractivity contribution >= 4 is 34.7 Å². The number of aromatic nitrogens is 3. The first-order valence-corrected chi connectivity index (χ1v) is 10.4. The molecule has 1 aromatic carbocycles. The summed E-state index contributed by atoms with van der Waals surface area (Å²) in [7, 11) is 1.62.